The van der Waals surface area contributed by atoms with E-state index in [1.165, 1.54) is 4.80 Å². The third-order valence-electron chi connectivity index (χ3n) is 2.74. The molecule has 0 aliphatic carbocycles. The van der Waals surface area contributed by atoms with Crippen molar-refractivity contribution in [3.63, 3.8) is 0 Å². The van der Waals surface area contributed by atoms with Gasteiger partial charge in [0.15, 0.2) is 5.82 Å². The van der Waals surface area contributed by atoms with Crippen LogP contribution in [0.2, 0.25) is 0 Å². The van der Waals surface area contributed by atoms with Gasteiger partial charge in [-0.3, -0.25) is 0 Å². The van der Waals surface area contributed by atoms with Crippen LogP contribution in [0, 0.1) is 0 Å². The molecule has 1 saturated heterocycles. The van der Waals surface area contributed by atoms with E-state index in [-0.39, 0.29) is 6.04 Å². The number of hydrogen-bond donors (Lipinski definition) is 1. The topological polar surface area (TPSA) is 64.9 Å². The predicted octanol–water partition coefficient (Wildman–Crippen LogP) is -0.480. The second-order valence-corrected chi connectivity index (χ2v) is 3.85. The Balaban J connectivity index is 1.95. The highest BCUT2D eigenvalue weighted by Gasteiger charge is 2.25. The molecule has 15 heavy (non-hydrogen) atoms. The van der Waals surface area contributed by atoms with Crippen LogP contribution in [0.15, 0.2) is 0 Å². The van der Waals surface area contributed by atoms with Gasteiger partial charge in [-0.25, -0.2) is 0 Å². The Morgan fingerprint density at radius 1 is 1.67 bits per heavy atom. The SMILES string of the molecule is CNC(Cc1nnn(C)n1)C1CCCO1. The Morgan fingerprint density at radius 2 is 2.53 bits per heavy atom. The minimum Gasteiger partial charge on any atom is -0.377 e. The molecule has 0 amide bonds. The zero-order valence-electron chi connectivity index (χ0n) is 9.18. The monoisotopic (exact) mass is 211 g/mol. The van der Waals surface area contributed by atoms with E-state index in [0.717, 1.165) is 31.7 Å². The molecular weight excluding hydrogens is 194 g/mol. The summed E-state index contributed by atoms with van der Waals surface area (Å²) in [6, 6.07) is 0.289. The molecule has 0 radical (unpaired) electrons. The molecule has 0 saturated carbocycles. The second kappa shape index (κ2) is 4.67. The lowest BCUT2D eigenvalue weighted by molar-refractivity contribution is 0.0802. The van der Waals surface area contributed by atoms with Gasteiger partial charge in [0.25, 0.3) is 0 Å². The van der Waals surface area contributed by atoms with Crippen LogP contribution in [-0.4, -0.2) is 46.0 Å². The molecule has 2 unspecified atom stereocenters. The molecule has 1 aromatic rings. The van der Waals surface area contributed by atoms with Crippen molar-refractivity contribution in [3.05, 3.63) is 5.82 Å². The van der Waals surface area contributed by atoms with Crippen molar-refractivity contribution in [2.45, 2.75) is 31.4 Å². The number of nitrogens with one attached hydrogen (secondary N) is 1. The maximum Gasteiger partial charge on any atom is 0.176 e. The molecule has 1 fully saturated rings. The van der Waals surface area contributed by atoms with Gasteiger partial charge in [-0.1, -0.05) is 0 Å². The highest BCUT2D eigenvalue weighted by Crippen LogP contribution is 2.17. The van der Waals surface area contributed by atoms with Crippen LogP contribution in [0.1, 0.15) is 18.7 Å². The lowest BCUT2D eigenvalue weighted by Crippen LogP contribution is -2.39. The molecule has 6 heteroatoms. The molecule has 84 valence electrons. The quantitative estimate of drug-likeness (QED) is 0.728. The first-order valence-electron chi connectivity index (χ1n) is 5.31. The first-order chi connectivity index (χ1) is 7.29. The molecular formula is C9H17N5O. The third kappa shape index (κ3) is 2.51. The van der Waals surface area contributed by atoms with Crippen molar-refractivity contribution in [2.24, 2.45) is 7.05 Å². The van der Waals surface area contributed by atoms with E-state index in [0.29, 0.717) is 6.10 Å². The van der Waals surface area contributed by atoms with Crippen LogP contribution in [0.3, 0.4) is 0 Å². The van der Waals surface area contributed by atoms with Crippen molar-refractivity contribution in [1.29, 1.82) is 0 Å². The van der Waals surface area contributed by atoms with Crippen LogP contribution in [-0.2, 0) is 18.2 Å². The number of rotatable bonds is 4. The number of hydrogen-bond acceptors (Lipinski definition) is 5. The maximum atomic E-state index is 5.64. The normalized spacial score (nSPS) is 23.2. The van der Waals surface area contributed by atoms with E-state index in [2.05, 4.69) is 20.7 Å². The first kappa shape index (κ1) is 10.5. The van der Waals surface area contributed by atoms with Crippen LogP contribution >= 0.6 is 0 Å². The summed E-state index contributed by atoms with van der Waals surface area (Å²) in [5.41, 5.74) is 0. The van der Waals surface area contributed by atoms with Crippen molar-refractivity contribution >= 4 is 0 Å². The van der Waals surface area contributed by atoms with Crippen LogP contribution in [0.4, 0.5) is 0 Å². The Bertz CT molecular complexity index is 307. The Hall–Kier alpha value is -1.01. The Morgan fingerprint density at radius 3 is 3.07 bits per heavy atom. The Labute approximate surface area is 89.0 Å². The molecule has 2 atom stereocenters. The minimum absolute atomic E-state index is 0.289. The molecule has 1 aromatic heterocycles. The van der Waals surface area contributed by atoms with E-state index in [1.54, 1.807) is 7.05 Å². The van der Waals surface area contributed by atoms with Crippen molar-refractivity contribution < 1.29 is 4.74 Å². The fraction of sp³-hybridized carbons (Fsp3) is 0.889. The van der Waals surface area contributed by atoms with Crippen LogP contribution in [0.25, 0.3) is 0 Å². The largest absolute Gasteiger partial charge is 0.377 e. The summed E-state index contributed by atoms with van der Waals surface area (Å²) in [5.74, 6) is 0.771. The molecule has 1 aliphatic heterocycles. The fourth-order valence-electron chi connectivity index (χ4n) is 1.94. The summed E-state index contributed by atoms with van der Waals surface area (Å²) in [7, 11) is 3.72. The zero-order valence-corrected chi connectivity index (χ0v) is 9.18. The maximum absolute atomic E-state index is 5.64. The van der Waals surface area contributed by atoms with Gasteiger partial charge in [-0.15, -0.1) is 10.2 Å². The van der Waals surface area contributed by atoms with Crippen molar-refractivity contribution in [2.75, 3.05) is 13.7 Å². The summed E-state index contributed by atoms with van der Waals surface area (Å²) in [4.78, 5) is 1.48. The Kier molecular flexibility index (Phi) is 3.27. The van der Waals surface area contributed by atoms with Gasteiger partial charge in [0.05, 0.1) is 13.2 Å². The molecule has 1 aliphatic rings. The molecule has 2 rings (SSSR count). The van der Waals surface area contributed by atoms with Gasteiger partial charge in [-0.2, -0.15) is 4.80 Å². The predicted molar refractivity (Wildman–Crippen MR) is 54.3 cm³/mol. The zero-order chi connectivity index (χ0) is 10.7. The smallest absolute Gasteiger partial charge is 0.176 e. The standard InChI is InChI=1S/C9H17N5O/c1-10-7(8-4-3-5-15-8)6-9-11-13-14(2)12-9/h7-8,10H,3-6H2,1-2H3. The average molecular weight is 211 g/mol. The third-order valence-corrected chi connectivity index (χ3v) is 2.74. The summed E-state index contributed by atoms with van der Waals surface area (Å²) in [6.07, 6.45) is 3.33. The molecule has 0 bridgehead atoms. The van der Waals surface area contributed by atoms with Gasteiger partial charge < -0.3 is 10.1 Å². The van der Waals surface area contributed by atoms with E-state index in [4.69, 9.17) is 4.74 Å². The van der Waals surface area contributed by atoms with E-state index in [1.807, 2.05) is 7.05 Å². The highest BCUT2D eigenvalue weighted by molar-refractivity contribution is 4.89. The van der Waals surface area contributed by atoms with Gasteiger partial charge in [0.2, 0.25) is 0 Å². The number of nitrogens with zero attached hydrogens (tertiary/aromatic N) is 4. The summed E-state index contributed by atoms with van der Waals surface area (Å²) < 4.78 is 5.64. The van der Waals surface area contributed by atoms with Crippen LogP contribution < -0.4 is 5.32 Å². The van der Waals surface area contributed by atoms with E-state index < -0.39 is 0 Å². The van der Waals surface area contributed by atoms with Gasteiger partial charge >= 0.3 is 0 Å². The van der Waals surface area contributed by atoms with Crippen molar-refractivity contribution in [1.82, 2.24) is 25.5 Å². The summed E-state index contributed by atoms with van der Waals surface area (Å²) in [5, 5.41) is 15.2. The van der Waals surface area contributed by atoms with Crippen LogP contribution in [0.5, 0.6) is 0 Å². The summed E-state index contributed by atoms with van der Waals surface area (Å²) in [6.45, 7) is 0.872. The van der Waals surface area contributed by atoms with Gasteiger partial charge in [-0.05, 0) is 25.1 Å². The fourth-order valence-corrected chi connectivity index (χ4v) is 1.94. The average Bonchev–Trinajstić information content (AvgIpc) is 2.85. The number of likely N-dealkylation sites (N-methyl/N-ethyl adjacent to an activating group) is 1. The highest BCUT2D eigenvalue weighted by atomic mass is 16.5. The lowest BCUT2D eigenvalue weighted by atomic mass is 10.0. The number of aromatic nitrogens is 4. The number of tetrazole rings is 1. The molecule has 0 spiro atoms. The van der Waals surface area contributed by atoms with Crippen molar-refractivity contribution in [3.8, 4) is 0 Å². The molecule has 0 aromatic carbocycles. The van der Waals surface area contributed by atoms with E-state index >= 15 is 0 Å². The van der Waals surface area contributed by atoms with Gasteiger partial charge in [0.1, 0.15) is 0 Å². The van der Waals surface area contributed by atoms with Gasteiger partial charge in [0, 0.05) is 19.1 Å². The first-order valence-corrected chi connectivity index (χ1v) is 5.31. The second-order valence-electron chi connectivity index (χ2n) is 3.85. The van der Waals surface area contributed by atoms with E-state index in [9.17, 15) is 0 Å². The molecule has 2 heterocycles. The summed E-state index contributed by atoms with van der Waals surface area (Å²) >= 11 is 0. The number of aryl methyl sites for hydroxylation is 1. The molecule has 1 N–H and O–H groups in total. The lowest BCUT2D eigenvalue weighted by Gasteiger charge is -2.20. The number of ether oxygens (including phenoxy) is 1. The minimum atomic E-state index is 0.289. The molecule has 6 nitrogen and oxygen atoms in total.